The molecule has 88 valence electrons. The van der Waals surface area contributed by atoms with Crippen molar-refractivity contribution in [3.63, 3.8) is 0 Å². The molecule has 5 nitrogen and oxygen atoms in total. The average molecular weight is 234 g/mol. The van der Waals surface area contributed by atoms with Gasteiger partial charge < -0.3 is 10.2 Å². The van der Waals surface area contributed by atoms with Gasteiger partial charge in [0.1, 0.15) is 0 Å². The van der Waals surface area contributed by atoms with Crippen LogP contribution in [-0.2, 0) is 14.6 Å². The van der Waals surface area contributed by atoms with E-state index in [0.29, 0.717) is 19.6 Å². The first-order chi connectivity index (χ1) is 6.99. The molecule has 1 aliphatic rings. The zero-order valence-corrected chi connectivity index (χ0v) is 9.85. The van der Waals surface area contributed by atoms with E-state index in [9.17, 15) is 13.2 Å². The second kappa shape index (κ2) is 5.46. The third kappa shape index (κ3) is 5.13. The Morgan fingerprint density at radius 2 is 1.93 bits per heavy atom. The third-order valence-corrected chi connectivity index (χ3v) is 4.07. The van der Waals surface area contributed by atoms with Gasteiger partial charge in [-0.05, 0) is 13.0 Å². The van der Waals surface area contributed by atoms with Crippen LogP contribution in [0.1, 0.15) is 13.3 Å². The van der Waals surface area contributed by atoms with E-state index >= 15 is 0 Å². The van der Waals surface area contributed by atoms with Gasteiger partial charge in [0.05, 0.1) is 11.5 Å². The molecule has 1 fully saturated rings. The third-order valence-electron chi connectivity index (χ3n) is 2.46. The fraction of sp³-hybridized carbons (Fsp3) is 0.889. The molecule has 0 bridgehead atoms. The smallest absolute Gasteiger partial charge is 0.216 e. The number of carbonyl (C=O) groups is 1. The molecule has 0 radical (unpaired) electrons. The summed E-state index contributed by atoms with van der Waals surface area (Å²) in [6, 6.07) is 0. The van der Waals surface area contributed by atoms with Crippen LogP contribution in [0, 0.1) is 0 Å². The van der Waals surface area contributed by atoms with Gasteiger partial charge in [-0.1, -0.05) is 0 Å². The SMILES string of the molecule is CC(=O)NCCCN1CCS(=O)(=O)CC1. The Hall–Kier alpha value is -0.620. The van der Waals surface area contributed by atoms with Crippen LogP contribution in [0.25, 0.3) is 0 Å². The molecule has 0 aromatic heterocycles. The van der Waals surface area contributed by atoms with Crippen LogP contribution in [0.15, 0.2) is 0 Å². The molecule has 0 spiro atoms. The van der Waals surface area contributed by atoms with E-state index in [-0.39, 0.29) is 17.4 Å². The van der Waals surface area contributed by atoms with E-state index in [0.717, 1.165) is 13.0 Å². The van der Waals surface area contributed by atoms with Crippen LogP contribution in [0.5, 0.6) is 0 Å². The van der Waals surface area contributed by atoms with E-state index in [1.807, 2.05) is 0 Å². The average Bonchev–Trinajstić information content (AvgIpc) is 2.14. The van der Waals surface area contributed by atoms with Gasteiger partial charge in [0.2, 0.25) is 5.91 Å². The number of sulfone groups is 1. The van der Waals surface area contributed by atoms with Crippen LogP contribution >= 0.6 is 0 Å². The van der Waals surface area contributed by atoms with Crippen LogP contribution in [0.2, 0.25) is 0 Å². The number of carbonyl (C=O) groups excluding carboxylic acids is 1. The fourth-order valence-electron chi connectivity index (χ4n) is 1.54. The van der Waals surface area contributed by atoms with Gasteiger partial charge in [0.25, 0.3) is 0 Å². The van der Waals surface area contributed by atoms with Gasteiger partial charge in [-0.3, -0.25) is 4.79 Å². The quantitative estimate of drug-likeness (QED) is 0.650. The second-order valence-corrected chi connectivity index (χ2v) is 6.13. The minimum atomic E-state index is -2.77. The number of rotatable bonds is 4. The van der Waals surface area contributed by atoms with E-state index < -0.39 is 9.84 Å². The lowest BCUT2D eigenvalue weighted by atomic mass is 10.3. The van der Waals surface area contributed by atoms with Crippen molar-refractivity contribution < 1.29 is 13.2 Å². The molecule has 0 aliphatic carbocycles. The molecule has 0 aromatic carbocycles. The van der Waals surface area contributed by atoms with E-state index in [1.54, 1.807) is 0 Å². The van der Waals surface area contributed by atoms with Gasteiger partial charge in [-0.25, -0.2) is 8.42 Å². The molecular formula is C9H18N2O3S. The highest BCUT2D eigenvalue weighted by atomic mass is 32.2. The Labute approximate surface area is 90.7 Å². The molecule has 0 saturated carbocycles. The maximum Gasteiger partial charge on any atom is 0.216 e. The highest BCUT2D eigenvalue weighted by molar-refractivity contribution is 7.91. The van der Waals surface area contributed by atoms with Crippen molar-refractivity contribution in [2.45, 2.75) is 13.3 Å². The Kier molecular flexibility index (Phi) is 4.53. The molecule has 6 heteroatoms. The van der Waals surface area contributed by atoms with Gasteiger partial charge in [0.15, 0.2) is 9.84 Å². The predicted octanol–water partition coefficient (Wildman–Crippen LogP) is -0.757. The van der Waals surface area contributed by atoms with Gasteiger partial charge in [-0.2, -0.15) is 0 Å². The lowest BCUT2D eigenvalue weighted by Gasteiger charge is -2.26. The predicted molar refractivity (Wildman–Crippen MR) is 58.4 cm³/mol. The van der Waals surface area contributed by atoms with E-state index in [1.165, 1.54) is 6.92 Å². The molecule has 1 rings (SSSR count). The number of hydrogen-bond donors (Lipinski definition) is 1. The summed E-state index contributed by atoms with van der Waals surface area (Å²) in [6.45, 7) is 4.27. The number of nitrogens with zero attached hydrogens (tertiary/aromatic N) is 1. The van der Waals surface area contributed by atoms with Crippen molar-refractivity contribution in [3.8, 4) is 0 Å². The number of nitrogens with one attached hydrogen (secondary N) is 1. The first kappa shape index (κ1) is 12.4. The number of hydrogen-bond acceptors (Lipinski definition) is 4. The van der Waals surface area contributed by atoms with E-state index in [2.05, 4.69) is 10.2 Å². The first-order valence-electron chi connectivity index (χ1n) is 5.17. The Bertz CT molecular complexity index is 299. The number of amides is 1. The summed E-state index contributed by atoms with van der Waals surface area (Å²) in [4.78, 5) is 12.7. The molecular weight excluding hydrogens is 216 g/mol. The molecule has 1 saturated heterocycles. The summed E-state index contributed by atoms with van der Waals surface area (Å²) in [6.07, 6.45) is 0.875. The van der Waals surface area contributed by atoms with Gasteiger partial charge >= 0.3 is 0 Å². The molecule has 15 heavy (non-hydrogen) atoms. The van der Waals surface area contributed by atoms with Gasteiger partial charge in [-0.15, -0.1) is 0 Å². The molecule has 1 aliphatic heterocycles. The van der Waals surface area contributed by atoms with Crippen molar-refractivity contribution in [2.24, 2.45) is 0 Å². The lowest BCUT2D eigenvalue weighted by Crippen LogP contribution is -2.41. The van der Waals surface area contributed by atoms with Crippen molar-refractivity contribution in [1.29, 1.82) is 0 Å². The molecule has 0 aromatic rings. The highest BCUT2D eigenvalue weighted by Gasteiger charge is 2.20. The van der Waals surface area contributed by atoms with E-state index in [4.69, 9.17) is 0 Å². The van der Waals surface area contributed by atoms with Crippen molar-refractivity contribution in [3.05, 3.63) is 0 Å². The summed E-state index contributed by atoms with van der Waals surface area (Å²) >= 11 is 0. The fourth-order valence-corrected chi connectivity index (χ4v) is 2.82. The lowest BCUT2D eigenvalue weighted by molar-refractivity contribution is -0.118. The van der Waals surface area contributed by atoms with Crippen LogP contribution in [0.4, 0.5) is 0 Å². The minimum Gasteiger partial charge on any atom is -0.356 e. The van der Waals surface area contributed by atoms with Crippen molar-refractivity contribution >= 4 is 15.7 Å². The standard InChI is InChI=1S/C9H18N2O3S/c1-9(12)10-3-2-4-11-5-7-15(13,14)8-6-11/h2-8H2,1H3,(H,10,12). The second-order valence-electron chi connectivity index (χ2n) is 3.83. The summed E-state index contributed by atoms with van der Waals surface area (Å²) in [7, 11) is -2.77. The molecule has 0 unspecified atom stereocenters. The summed E-state index contributed by atoms with van der Waals surface area (Å²) in [5.74, 6) is 0.525. The van der Waals surface area contributed by atoms with Crippen molar-refractivity contribution in [2.75, 3.05) is 37.7 Å². The highest BCUT2D eigenvalue weighted by Crippen LogP contribution is 2.03. The normalized spacial score (nSPS) is 21.1. The monoisotopic (exact) mass is 234 g/mol. The zero-order chi connectivity index (χ0) is 11.3. The Morgan fingerprint density at radius 1 is 1.33 bits per heavy atom. The minimum absolute atomic E-state index is 0.0174. The molecule has 1 heterocycles. The zero-order valence-electron chi connectivity index (χ0n) is 9.03. The summed E-state index contributed by atoms with van der Waals surface area (Å²) in [5.41, 5.74) is 0. The Balaban J connectivity index is 2.11. The van der Waals surface area contributed by atoms with Crippen LogP contribution < -0.4 is 5.32 Å². The van der Waals surface area contributed by atoms with Crippen LogP contribution in [-0.4, -0.2) is 56.9 Å². The Morgan fingerprint density at radius 3 is 2.47 bits per heavy atom. The largest absolute Gasteiger partial charge is 0.356 e. The molecule has 0 atom stereocenters. The van der Waals surface area contributed by atoms with Crippen LogP contribution in [0.3, 0.4) is 0 Å². The molecule has 1 N–H and O–H groups in total. The summed E-state index contributed by atoms with van der Waals surface area (Å²) in [5, 5.41) is 2.72. The van der Waals surface area contributed by atoms with Crippen molar-refractivity contribution in [1.82, 2.24) is 10.2 Å². The van der Waals surface area contributed by atoms with Gasteiger partial charge in [0, 0.05) is 26.6 Å². The maximum atomic E-state index is 11.1. The topological polar surface area (TPSA) is 66.5 Å². The first-order valence-corrected chi connectivity index (χ1v) is 6.99. The molecule has 1 amide bonds. The maximum absolute atomic E-state index is 11.1. The summed E-state index contributed by atoms with van der Waals surface area (Å²) < 4.78 is 22.3.